The quantitative estimate of drug-likeness (QED) is 0.782. The average molecular weight is 212 g/mol. The van der Waals surface area contributed by atoms with Crippen molar-refractivity contribution < 1.29 is 0 Å². The largest absolute Gasteiger partial charge is 0.380 e. The smallest absolute Gasteiger partial charge is 0.0426 e. The van der Waals surface area contributed by atoms with Crippen molar-refractivity contribution in [2.75, 3.05) is 5.32 Å². The second-order valence-corrected chi connectivity index (χ2v) is 4.71. The van der Waals surface area contributed by atoms with Crippen LogP contribution < -0.4 is 5.32 Å². The van der Waals surface area contributed by atoms with Crippen molar-refractivity contribution in [3.8, 4) is 0 Å². The van der Waals surface area contributed by atoms with Crippen LogP contribution in [0.4, 0.5) is 5.69 Å². The number of hydrogen-bond acceptors (Lipinski definition) is 1. The first-order chi connectivity index (χ1) is 6.53. The van der Waals surface area contributed by atoms with Crippen molar-refractivity contribution in [3.05, 3.63) is 29.3 Å². The van der Waals surface area contributed by atoms with Crippen molar-refractivity contribution in [2.45, 2.75) is 39.2 Å². The lowest BCUT2D eigenvalue weighted by Gasteiger charge is -2.27. The van der Waals surface area contributed by atoms with Crippen molar-refractivity contribution in [3.63, 3.8) is 0 Å². The van der Waals surface area contributed by atoms with Crippen LogP contribution in [0, 0.1) is 0 Å². The third-order valence-electron chi connectivity index (χ3n) is 2.18. The molecule has 1 nitrogen and oxygen atoms in total. The molecule has 2 heteroatoms. The monoisotopic (exact) mass is 211 g/mol. The van der Waals surface area contributed by atoms with Crippen LogP contribution in [-0.4, -0.2) is 5.54 Å². The Morgan fingerprint density at radius 2 is 2.07 bits per heavy atom. The van der Waals surface area contributed by atoms with Crippen molar-refractivity contribution in [2.24, 2.45) is 0 Å². The summed E-state index contributed by atoms with van der Waals surface area (Å²) in [5.74, 6) is 0. The predicted molar refractivity (Wildman–Crippen MR) is 64.1 cm³/mol. The molecule has 0 amide bonds. The maximum Gasteiger partial charge on any atom is 0.0426 e. The summed E-state index contributed by atoms with van der Waals surface area (Å²) in [6.07, 6.45) is 2.33. The molecular weight excluding hydrogens is 194 g/mol. The van der Waals surface area contributed by atoms with Gasteiger partial charge < -0.3 is 5.32 Å². The number of hydrogen-bond donors (Lipinski definition) is 1. The summed E-state index contributed by atoms with van der Waals surface area (Å²) in [7, 11) is 0. The zero-order chi connectivity index (χ0) is 10.6. The molecule has 0 saturated carbocycles. The predicted octanol–water partition coefficient (Wildman–Crippen LogP) is 4.33. The first kappa shape index (κ1) is 11.4. The summed E-state index contributed by atoms with van der Waals surface area (Å²) in [5, 5.41) is 4.26. The molecule has 0 aliphatic rings. The van der Waals surface area contributed by atoms with E-state index >= 15 is 0 Å². The van der Waals surface area contributed by atoms with E-state index in [0.29, 0.717) is 0 Å². The fraction of sp³-hybridized carbons (Fsp3) is 0.500. The number of halogens is 1. The molecule has 0 radical (unpaired) electrons. The fourth-order valence-corrected chi connectivity index (χ4v) is 1.83. The summed E-state index contributed by atoms with van der Waals surface area (Å²) in [6, 6.07) is 7.86. The molecule has 78 valence electrons. The zero-order valence-electron chi connectivity index (χ0n) is 9.10. The Balaban J connectivity index is 2.68. The van der Waals surface area contributed by atoms with Gasteiger partial charge in [-0.05, 0) is 38.5 Å². The van der Waals surface area contributed by atoms with E-state index in [-0.39, 0.29) is 5.54 Å². The van der Waals surface area contributed by atoms with Crippen molar-refractivity contribution in [1.82, 2.24) is 0 Å². The molecule has 0 unspecified atom stereocenters. The molecule has 0 fully saturated rings. The Morgan fingerprint density at radius 1 is 1.36 bits per heavy atom. The minimum absolute atomic E-state index is 0.138. The van der Waals surface area contributed by atoms with Crippen LogP contribution in [0.1, 0.15) is 33.6 Å². The van der Waals surface area contributed by atoms with Crippen LogP contribution in [0.15, 0.2) is 24.3 Å². The van der Waals surface area contributed by atoms with E-state index in [1.165, 1.54) is 6.42 Å². The van der Waals surface area contributed by atoms with Gasteiger partial charge in [0.05, 0.1) is 0 Å². The summed E-state index contributed by atoms with van der Waals surface area (Å²) in [6.45, 7) is 6.61. The number of benzene rings is 1. The highest BCUT2D eigenvalue weighted by molar-refractivity contribution is 6.30. The molecule has 0 aromatic heterocycles. The molecule has 1 aromatic rings. The lowest BCUT2D eigenvalue weighted by molar-refractivity contribution is 0.511. The van der Waals surface area contributed by atoms with Gasteiger partial charge in [-0.1, -0.05) is 31.0 Å². The van der Waals surface area contributed by atoms with E-state index < -0.39 is 0 Å². The van der Waals surface area contributed by atoms with Crippen LogP contribution in [0.2, 0.25) is 5.02 Å². The third kappa shape index (κ3) is 3.59. The lowest BCUT2D eigenvalue weighted by Crippen LogP contribution is -2.30. The van der Waals surface area contributed by atoms with Crippen LogP contribution >= 0.6 is 11.6 Å². The van der Waals surface area contributed by atoms with Crippen LogP contribution in [0.5, 0.6) is 0 Å². The van der Waals surface area contributed by atoms with Gasteiger partial charge in [-0.3, -0.25) is 0 Å². The number of nitrogens with one attached hydrogen (secondary N) is 1. The van der Waals surface area contributed by atoms with Crippen LogP contribution in [-0.2, 0) is 0 Å². The van der Waals surface area contributed by atoms with Gasteiger partial charge in [-0.25, -0.2) is 0 Å². The van der Waals surface area contributed by atoms with E-state index in [9.17, 15) is 0 Å². The maximum atomic E-state index is 5.91. The van der Waals surface area contributed by atoms with Gasteiger partial charge in [0.2, 0.25) is 0 Å². The maximum absolute atomic E-state index is 5.91. The Kier molecular flexibility index (Phi) is 3.82. The Hall–Kier alpha value is -0.690. The molecule has 14 heavy (non-hydrogen) atoms. The minimum atomic E-state index is 0.138. The molecule has 0 spiro atoms. The molecule has 1 N–H and O–H groups in total. The molecule has 0 bridgehead atoms. The highest BCUT2D eigenvalue weighted by atomic mass is 35.5. The van der Waals surface area contributed by atoms with Crippen LogP contribution in [0.3, 0.4) is 0 Å². The van der Waals surface area contributed by atoms with Gasteiger partial charge in [0.25, 0.3) is 0 Å². The first-order valence-electron chi connectivity index (χ1n) is 5.07. The molecule has 1 rings (SSSR count). The van der Waals surface area contributed by atoms with Crippen molar-refractivity contribution >= 4 is 17.3 Å². The SMILES string of the molecule is CCCC(C)(C)Nc1cccc(Cl)c1. The lowest BCUT2D eigenvalue weighted by atomic mass is 9.98. The summed E-state index contributed by atoms with van der Waals surface area (Å²) < 4.78 is 0. The molecular formula is C12H18ClN. The highest BCUT2D eigenvalue weighted by Gasteiger charge is 2.15. The van der Waals surface area contributed by atoms with Gasteiger partial charge in [0, 0.05) is 16.2 Å². The first-order valence-corrected chi connectivity index (χ1v) is 5.45. The topological polar surface area (TPSA) is 12.0 Å². The average Bonchev–Trinajstić information content (AvgIpc) is 2.02. The van der Waals surface area contributed by atoms with Gasteiger partial charge in [-0.15, -0.1) is 0 Å². The summed E-state index contributed by atoms with van der Waals surface area (Å²) in [5.41, 5.74) is 1.23. The molecule has 0 aliphatic heterocycles. The molecule has 1 aromatic carbocycles. The van der Waals surface area contributed by atoms with Gasteiger partial charge >= 0.3 is 0 Å². The van der Waals surface area contributed by atoms with Gasteiger partial charge in [0.1, 0.15) is 0 Å². The van der Waals surface area contributed by atoms with E-state index in [0.717, 1.165) is 17.1 Å². The number of anilines is 1. The van der Waals surface area contributed by atoms with E-state index in [2.05, 4.69) is 26.1 Å². The summed E-state index contributed by atoms with van der Waals surface area (Å²) >= 11 is 5.91. The van der Waals surface area contributed by atoms with Crippen molar-refractivity contribution in [1.29, 1.82) is 0 Å². The zero-order valence-corrected chi connectivity index (χ0v) is 9.86. The normalized spacial score (nSPS) is 11.4. The molecule has 0 heterocycles. The third-order valence-corrected chi connectivity index (χ3v) is 2.42. The minimum Gasteiger partial charge on any atom is -0.380 e. The van der Waals surface area contributed by atoms with Gasteiger partial charge in [-0.2, -0.15) is 0 Å². The standard InChI is InChI=1S/C12H18ClN/c1-4-8-12(2,3)14-11-7-5-6-10(13)9-11/h5-7,9,14H,4,8H2,1-3H3. The molecule has 0 saturated heterocycles. The number of rotatable bonds is 4. The second-order valence-electron chi connectivity index (χ2n) is 4.27. The Labute approximate surface area is 91.5 Å². The van der Waals surface area contributed by atoms with Crippen LogP contribution in [0.25, 0.3) is 0 Å². The Bertz CT molecular complexity index is 294. The Morgan fingerprint density at radius 3 is 2.64 bits per heavy atom. The van der Waals surface area contributed by atoms with Gasteiger partial charge in [0.15, 0.2) is 0 Å². The fourth-order valence-electron chi connectivity index (χ4n) is 1.64. The second kappa shape index (κ2) is 4.70. The highest BCUT2D eigenvalue weighted by Crippen LogP contribution is 2.21. The summed E-state index contributed by atoms with van der Waals surface area (Å²) in [4.78, 5) is 0. The molecule has 0 aliphatic carbocycles. The van der Waals surface area contributed by atoms with E-state index in [4.69, 9.17) is 11.6 Å². The van der Waals surface area contributed by atoms with E-state index in [1.807, 2.05) is 24.3 Å². The molecule has 0 atom stereocenters. The van der Waals surface area contributed by atoms with E-state index in [1.54, 1.807) is 0 Å².